The highest BCUT2D eigenvalue weighted by molar-refractivity contribution is 4.93. The third-order valence-electron chi connectivity index (χ3n) is 4.19. The fourth-order valence-electron chi connectivity index (χ4n) is 2.75. The highest BCUT2D eigenvalue weighted by Crippen LogP contribution is 2.29. The quantitative estimate of drug-likeness (QED) is 0.251. The first kappa shape index (κ1) is 19.9. The van der Waals surface area contributed by atoms with Gasteiger partial charge in [-0.1, -0.05) is 0 Å². The summed E-state index contributed by atoms with van der Waals surface area (Å²) >= 11 is 0. The van der Waals surface area contributed by atoms with Crippen molar-refractivity contribution in [2.75, 3.05) is 20.3 Å². The summed E-state index contributed by atoms with van der Waals surface area (Å²) in [5.41, 5.74) is 0. The highest BCUT2D eigenvalue weighted by atomic mass is 16.7. The van der Waals surface area contributed by atoms with Gasteiger partial charge in [-0.15, -0.1) is 0 Å². The largest absolute Gasteiger partial charge is 0.394 e. The zero-order chi connectivity index (χ0) is 18.0. The second kappa shape index (κ2) is 8.29. The molecular formula is C13H24O11. The summed E-state index contributed by atoms with van der Waals surface area (Å²) < 4.78 is 20.6. The predicted octanol–water partition coefficient (Wildman–Crippen LogP) is -4.74. The fraction of sp³-hybridized carbons (Fsp3) is 1.00. The molecule has 2 heterocycles. The summed E-state index contributed by atoms with van der Waals surface area (Å²) in [5, 5.41) is 68.0. The first-order valence-corrected chi connectivity index (χ1v) is 7.46. The lowest BCUT2D eigenvalue weighted by atomic mass is 9.97. The van der Waals surface area contributed by atoms with Gasteiger partial charge >= 0.3 is 0 Å². The van der Waals surface area contributed by atoms with Crippen LogP contribution in [0.25, 0.3) is 0 Å². The molecule has 2 fully saturated rings. The Hall–Kier alpha value is -0.440. The van der Waals surface area contributed by atoms with Gasteiger partial charge in [0.15, 0.2) is 12.6 Å². The number of aliphatic hydroxyl groups is 7. The van der Waals surface area contributed by atoms with Gasteiger partial charge in [-0.3, -0.25) is 0 Å². The van der Waals surface area contributed by atoms with Crippen LogP contribution in [0.1, 0.15) is 0 Å². The summed E-state index contributed by atoms with van der Waals surface area (Å²) in [5.74, 6) is 0. The Morgan fingerprint density at radius 2 is 1.25 bits per heavy atom. The molecule has 0 aromatic rings. The van der Waals surface area contributed by atoms with Crippen molar-refractivity contribution in [1.82, 2.24) is 0 Å². The molecule has 0 amide bonds. The molecule has 11 nitrogen and oxygen atoms in total. The topological polar surface area (TPSA) is 179 Å². The lowest BCUT2D eigenvalue weighted by molar-refractivity contribution is -0.357. The minimum Gasteiger partial charge on any atom is -0.394 e. The minimum absolute atomic E-state index is 0.592. The Balaban J connectivity index is 2.12. The minimum atomic E-state index is -1.69. The molecule has 142 valence electrons. The maximum absolute atomic E-state index is 10.2. The second-order valence-electron chi connectivity index (χ2n) is 5.74. The molecule has 10 atom stereocenters. The molecule has 0 bridgehead atoms. The van der Waals surface area contributed by atoms with E-state index in [-0.39, 0.29) is 0 Å². The molecule has 0 aliphatic carbocycles. The molecule has 0 aromatic carbocycles. The summed E-state index contributed by atoms with van der Waals surface area (Å²) in [6, 6.07) is 0. The zero-order valence-electron chi connectivity index (χ0n) is 13.0. The maximum atomic E-state index is 10.2. The summed E-state index contributed by atoms with van der Waals surface area (Å²) in [6.07, 6.45) is -14.3. The molecule has 2 rings (SSSR count). The number of aliphatic hydroxyl groups excluding tert-OH is 7. The Bertz CT molecular complexity index is 392. The van der Waals surface area contributed by atoms with Crippen LogP contribution in [0.5, 0.6) is 0 Å². The number of hydrogen-bond acceptors (Lipinski definition) is 11. The number of hydrogen-bond donors (Lipinski definition) is 7. The van der Waals surface area contributed by atoms with E-state index in [2.05, 4.69) is 0 Å². The molecule has 2 aliphatic heterocycles. The zero-order valence-corrected chi connectivity index (χ0v) is 13.0. The van der Waals surface area contributed by atoms with Gasteiger partial charge in [0.2, 0.25) is 0 Å². The molecule has 2 aliphatic rings. The van der Waals surface area contributed by atoms with Crippen LogP contribution in [0.2, 0.25) is 0 Å². The van der Waals surface area contributed by atoms with Gasteiger partial charge in [-0.05, 0) is 0 Å². The molecule has 0 radical (unpaired) electrons. The van der Waals surface area contributed by atoms with E-state index in [1.165, 1.54) is 7.11 Å². The predicted molar refractivity (Wildman–Crippen MR) is 73.4 cm³/mol. The fourth-order valence-corrected chi connectivity index (χ4v) is 2.75. The van der Waals surface area contributed by atoms with Crippen molar-refractivity contribution in [2.24, 2.45) is 0 Å². The molecule has 0 spiro atoms. The van der Waals surface area contributed by atoms with Gasteiger partial charge < -0.3 is 54.7 Å². The van der Waals surface area contributed by atoms with Crippen LogP contribution in [0, 0.1) is 0 Å². The summed E-state index contributed by atoms with van der Waals surface area (Å²) in [6.45, 7) is -1.24. The molecule has 24 heavy (non-hydrogen) atoms. The van der Waals surface area contributed by atoms with Crippen LogP contribution in [0.4, 0.5) is 0 Å². The summed E-state index contributed by atoms with van der Waals surface area (Å²) in [7, 11) is 1.24. The van der Waals surface area contributed by atoms with Crippen molar-refractivity contribution < 1.29 is 54.7 Å². The second-order valence-corrected chi connectivity index (χ2v) is 5.74. The van der Waals surface area contributed by atoms with Crippen LogP contribution >= 0.6 is 0 Å². The molecule has 11 heteroatoms. The van der Waals surface area contributed by atoms with Gasteiger partial charge in [0.1, 0.15) is 48.8 Å². The van der Waals surface area contributed by atoms with Crippen LogP contribution in [0.3, 0.4) is 0 Å². The smallest absolute Gasteiger partial charge is 0.187 e. The van der Waals surface area contributed by atoms with Crippen molar-refractivity contribution >= 4 is 0 Å². The van der Waals surface area contributed by atoms with E-state index in [4.69, 9.17) is 24.1 Å². The highest BCUT2D eigenvalue weighted by Gasteiger charge is 2.50. The average molecular weight is 356 g/mol. The third-order valence-corrected chi connectivity index (χ3v) is 4.19. The maximum Gasteiger partial charge on any atom is 0.187 e. The monoisotopic (exact) mass is 356 g/mol. The standard InChI is InChI=1S/C13H24O11/c1-21-12-10(20)8(18)11(5(3-15)23-12)24-13-9(19)7(17)6(16)4(2-14)22-13/h4-20H,2-3H2,1H3/t4-,5-,6-,7+,8-,9-,10-,11+,12+,13-/m1/s1. The van der Waals surface area contributed by atoms with E-state index < -0.39 is 74.6 Å². The van der Waals surface area contributed by atoms with Gasteiger partial charge in [0, 0.05) is 7.11 Å². The van der Waals surface area contributed by atoms with Crippen molar-refractivity contribution in [3.05, 3.63) is 0 Å². The molecular weight excluding hydrogens is 332 g/mol. The molecule has 0 aromatic heterocycles. The molecule has 7 N–H and O–H groups in total. The Kier molecular flexibility index (Phi) is 6.87. The average Bonchev–Trinajstić information content (AvgIpc) is 2.59. The van der Waals surface area contributed by atoms with Gasteiger partial charge in [0.25, 0.3) is 0 Å². The Morgan fingerprint density at radius 1 is 0.708 bits per heavy atom. The van der Waals surface area contributed by atoms with Crippen molar-refractivity contribution in [2.45, 2.75) is 61.4 Å². The number of ether oxygens (including phenoxy) is 4. The van der Waals surface area contributed by atoms with E-state index in [0.29, 0.717) is 0 Å². The van der Waals surface area contributed by atoms with Crippen molar-refractivity contribution in [3.63, 3.8) is 0 Å². The van der Waals surface area contributed by atoms with Gasteiger partial charge in [0.05, 0.1) is 13.2 Å². The number of rotatable bonds is 5. The van der Waals surface area contributed by atoms with Crippen molar-refractivity contribution in [1.29, 1.82) is 0 Å². The van der Waals surface area contributed by atoms with E-state index in [9.17, 15) is 30.6 Å². The Labute approximate surface area is 137 Å². The van der Waals surface area contributed by atoms with Crippen LogP contribution < -0.4 is 0 Å². The van der Waals surface area contributed by atoms with E-state index in [1.54, 1.807) is 0 Å². The lowest BCUT2D eigenvalue weighted by Crippen LogP contribution is -2.64. The van der Waals surface area contributed by atoms with Gasteiger partial charge in [-0.25, -0.2) is 0 Å². The van der Waals surface area contributed by atoms with Crippen molar-refractivity contribution in [3.8, 4) is 0 Å². The van der Waals surface area contributed by atoms with Crippen LogP contribution in [-0.4, -0.2) is 117 Å². The van der Waals surface area contributed by atoms with Crippen LogP contribution in [-0.2, 0) is 18.9 Å². The first-order chi connectivity index (χ1) is 11.3. The Morgan fingerprint density at radius 3 is 1.79 bits per heavy atom. The summed E-state index contributed by atoms with van der Waals surface area (Å²) in [4.78, 5) is 0. The third kappa shape index (κ3) is 3.71. The van der Waals surface area contributed by atoms with Crippen LogP contribution in [0.15, 0.2) is 0 Å². The normalized spacial score (nSPS) is 50.0. The lowest BCUT2D eigenvalue weighted by Gasteiger charge is -2.45. The first-order valence-electron chi connectivity index (χ1n) is 7.46. The van der Waals surface area contributed by atoms with E-state index >= 15 is 0 Å². The van der Waals surface area contributed by atoms with Gasteiger partial charge in [-0.2, -0.15) is 0 Å². The number of methoxy groups -OCH3 is 1. The SMILES string of the molecule is CO[C@H]1O[C@H](CO)[C@H](O[C@H]2O[C@H](CO)[C@@H](O)[C@H](O)[C@H]2O)[C@H](O)[C@H]1O. The van der Waals surface area contributed by atoms with E-state index in [0.717, 1.165) is 0 Å². The molecule has 2 saturated heterocycles. The molecule has 0 saturated carbocycles. The van der Waals surface area contributed by atoms with E-state index in [1.807, 2.05) is 0 Å². The molecule has 0 unspecified atom stereocenters.